The predicted octanol–water partition coefficient (Wildman–Crippen LogP) is 2.80. The van der Waals surface area contributed by atoms with E-state index in [2.05, 4.69) is 10.3 Å². The molecule has 1 unspecified atom stereocenters. The van der Waals surface area contributed by atoms with Crippen molar-refractivity contribution in [3.63, 3.8) is 0 Å². The average Bonchev–Trinajstić information content (AvgIpc) is 3.10. The van der Waals surface area contributed by atoms with E-state index in [-0.39, 0.29) is 5.97 Å². The molecule has 1 aliphatic rings. The number of aromatic amines is 1. The van der Waals surface area contributed by atoms with Crippen molar-refractivity contribution < 1.29 is 24.2 Å². The van der Waals surface area contributed by atoms with Crippen LogP contribution in [0.1, 0.15) is 33.2 Å². The summed E-state index contributed by atoms with van der Waals surface area (Å²) in [6.45, 7) is 0.980. The Bertz CT molecular complexity index is 1040. The van der Waals surface area contributed by atoms with E-state index in [9.17, 15) is 14.7 Å². The van der Waals surface area contributed by atoms with Gasteiger partial charge in [0.2, 0.25) is 0 Å². The summed E-state index contributed by atoms with van der Waals surface area (Å²) in [4.78, 5) is 26.2. The number of rotatable bonds is 5. The first-order valence-electron chi connectivity index (χ1n) is 8.97. The topological polar surface area (TPSA) is 101 Å². The number of aliphatic carboxylic acids is 1. The maximum Gasteiger partial charge on any atom is 0.337 e. The van der Waals surface area contributed by atoms with E-state index >= 15 is 0 Å². The van der Waals surface area contributed by atoms with Crippen LogP contribution in [0, 0.1) is 0 Å². The lowest BCUT2D eigenvalue weighted by Gasteiger charge is -2.20. The van der Waals surface area contributed by atoms with Gasteiger partial charge in [0.1, 0.15) is 18.4 Å². The van der Waals surface area contributed by atoms with Crippen molar-refractivity contribution in [2.45, 2.75) is 19.1 Å². The Hall–Kier alpha value is -3.32. The number of carbonyl (C=O) groups is 2. The molecule has 7 nitrogen and oxygen atoms in total. The number of hydrogen-bond donors (Lipinski definition) is 3. The number of fused-ring (bicyclic) bond motifs is 3. The summed E-state index contributed by atoms with van der Waals surface area (Å²) < 4.78 is 10.6. The zero-order valence-corrected chi connectivity index (χ0v) is 15.3. The first kappa shape index (κ1) is 18.1. The van der Waals surface area contributed by atoms with E-state index in [0.29, 0.717) is 30.2 Å². The first-order valence-corrected chi connectivity index (χ1v) is 8.97. The summed E-state index contributed by atoms with van der Waals surface area (Å²) in [5.74, 6) is -0.555. The summed E-state index contributed by atoms with van der Waals surface area (Å²) in [7, 11) is 1.35. The fraction of sp³-hybridized carbons (Fsp3) is 0.238. The van der Waals surface area contributed by atoms with Gasteiger partial charge in [-0.15, -0.1) is 0 Å². The van der Waals surface area contributed by atoms with Crippen LogP contribution in [0.15, 0.2) is 42.5 Å². The highest BCUT2D eigenvalue weighted by molar-refractivity contribution is 5.90. The third-order valence-corrected chi connectivity index (χ3v) is 4.95. The number of carboxylic acid groups (broad SMARTS) is 1. The lowest BCUT2D eigenvalue weighted by Crippen LogP contribution is -2.34. The molecule has 2 aromatic carbocycles. The first-order chi connectivity index (χ1) is 13.6. The Morgan fingerprint density at radius 3 is 2.68 bits per heavy atom. The number of H-pyrrole nitrogens is 1. The van der Waals surface area contributed by atoms with E-state index in [1.54, 1.807) is 12.1 Å². The Labute approximate surface area is 161 Å². The second-order valence-electron chi connectivity index (χ2n) is 6.68. The predicted molar refractivity (Wildman–Crippen MR) is 102 cm³/mol. The number of benzene rings is 2. The number of carbonyl (C=O) groups excluding carboxylic acids is 1. The van der Waals surface area contributed by atoms with Crippen LogP contribution < -0.4 is 10.1 Å². The van der Waals surface area contributed by atoms with Crippen LogP contribution in [0.4, 0.5) is 0 Å². The van der Waals surface area contributed by atoms with Crippen LogP contribution in [0.25, 0.3) is 10.9 Å². The molecule has 4 rings (SSSR count). The van der Waals surface area contributed by atoms with Crippen LogP contribution in [0.5, 0.6) is 5.75 Å². The zero-order chi connectivity index (χ0) is 19.7. The number of ether oxygens (including phenoxy) is 2. The van der Waals surface area contributed by atoms with Crippen LogP contribution >= 0.6 is 0 Å². The molecule has 0 bridgehead atoms. The minimum absolute atomic E-state index is 0.360. The van der Waals surface area contributed by atoms with E-state index in [0.717, 1.165) is 28.5 Å². The summed E-state index contributed by atoms with van der Waals surface area (Å²) in [5, 5.41) is 13.4. The smallest absolute Gasteiger partial charge is 0.337 e. The van der Waals surface area contributed by atoms with Crippen LogP contribution in [0.2, 0.25) is 0 Å². The number of esters is 1. The molecule has 1 aromatic heterocycles. The number of methoxy groups -OCH3 is 1. The fourth-order valence-corrected chi connectivity index (χ4v) is 3.53. The van der Waals surface area contributed by atoms with Gasteiger partial charge in [0, 0.05) is 23.1 Å². The average molecular weight is 380 g/mol. The molecule has 0 amide bonds. The largest absolute Gasteiger partial charge is 0.489 e. The molecule has 0 aliphatic carbocycles. The third kappa shape index (κ3) is 3.32. The third-order valence-electron chi connectivity index (χ3n) is 4.95. The standard InChI is InChI=1S/C21H20N2O5/c1-27-21(26)13-4-2-12(3-5-13)11-28-14-6-7-17-16(10-14)15-8-9-22-19(20(24)25)18(15)23-17/h2-7,10,19,22-23H,8-9,11H2,1H3,(H,24,25). The van der Waals surface area contributed by atoms with Crippen molar-refractivity contribution in [2.24, 2.45) is 0 Å². The fourth-order valence-electron chi connectivity index (χ4n) is 3.53. The SMILES string of the molecule is COC(=O)c1ccc(COc2ccc3[nH]c4c(c3c2)CCNC4C(=O)O)cc1. The molecule has 0 radical (unpaired) electrons. The van der Waals surface area contributed by atoms with Gasteiger partial charge in [-0.2, -0.15) is 0 Å². The Morgan fingerprint density at radius 2 is 1.96 bits per heavy atom. The maximum atomic E-state index is 11.5. The van der Waals surface area contributed by atoms with Crippen molar-refractivity contribution in [1.29, 1.82) is 0 Å². The van der Waals surface area contributed by atoms with Crippen molar-refractivity contribution in [3.8, 4) is 5.75 Å². The van der Waals surface area contributed by atoms with Gasteiger partial charge in [-0.3, -0.25) is 10.1 Å². The highest BCUT2D eigenvalue weighted by Crippen LogP contribution is 2.32. The van der Waals surface area contributed by atoms with E-state index in [1.165, 1.54) is 7.11 Å². The van der Waals surface area contributed by atoms with Gasteiger partial charge >= 0.3 is 11.9 Å². The maximum absolute atomic E-state index is 11.5. The number of carboxylic acids is 1. The van der Waals surface area contributed by atoms with Crippen LogP contribution in [-0.2, 0) is 22.6 Å². The molecular weight excluding hydrogens is 360 g/mol. The molecule has 28 heavy (non-hydrogen) atoms. The summed E-state index contributed by atoms with van der Waals surface area (Å²) >= 11 is 0. The highest BCUT2D eigenvalue weighted by atomic mass is 16.5. The van der Waals surface area contributed by atoms with Crippen molar-refractivity contribution in [2.75, 3.05) is 13.7 Å². The molecule has 3 N–H and O–H groups in total. The zero-order valence-electron chi connectivity index (χ0n) is 15.3. The molecule has 7 heteroatoms. The molecule has 1 aliphatic heterocycles. The molecular formula is C21H20N2O5. The quantitative estimate of drug-likeness (QED) is 0.589. The van der Waals surface area contributed by atoms with Crippen LogP contribution in [-0.4, -0.2) is 35.7 Å². The molecule has 144 valence electrons. The van der Waals surface area contributed by atoms with E-state index in [4.69, 9.17) is 9.47 Å². The lowest BCUT2D eigenvalue weighted by molar-refractivity contribution is -0.139. The van der Waals surface area contributed by atoms with Gasteiger partial charge < -0.3 is 19.6 Å². The minimum atomic E-state index is -0.889. The van der Waals surface area contributed by atoms with Gasteiger partial charge in [-0.05, 0) is 47.9 Å². The molecule has 0 saturated heterocycles. The van der Waals surface area contributed by atoms with Gasteiger partial charge in [-0.1, -0.05) is 12.1 Å². The second-order valence-corrected chi connectivity index (χ2v) is 6.68. The highest BCUT2D eigenvalue weighted by Gasteiger charge is 2.29. The van der Waals surface area contributed by atoms with Gasteiger partial charge in [0.15, 0.2) is 0 Å². The number of hydrogen-bond acceptors (Lipinski definition) is 5. The van der Waals surface area contributed by atoms with Gasteiger partial charge in [0.25, 0.3) is 0 Å². The van der Waals surface area contributed by atoms with Crippen molar-refractivity contribution >= 4 is 22.8 Å². The molecule has 1 atom stereocenters. The Balaban J connectivity index is 1.54. The monoisotopic (exact) mass is 380 g/mol. The minimum Gasteiger partial charge on any atom is -0.489 e. The second kappa shape index (κ2) is 7.36. The Kier molecular flexibility index (Phi) is 4.75. The molecule has 3 aromatic rings. The van der Waals surface area contributed by atoms with Crippen LogP contribution in [0.3, 0.4) is 0 Å². The van der Waals surface area contributed by atoms with Gasteiger partial charge in [-0.25, -0.2) is 4.79 Å². The summed E-state index contributed by atoms with van der Waals surface area (Å²) in [5.41, 5.74) is 4.06. The molecule has 0 saturated carbocycles. The molecule has 0 spiro atoms. The number of nitrogens with one attached hydrogen (secondary N) is 2. The normalized spacial score (nSPS) is 15.8. The summed E-state index contributed by atoms with van der Waals surface area (Å²) in [6, 6.07) is 12.0. The van der Waals surface area contributed by atoms with Crippen molar-refractivity contribution in [1.82, 2.24) is 10.3 Å². The molecule has 0 fully saturated rings. The van der Waals surface area contributed by atoms with E-state index < -0.39 is 12.0 Å². The van der Waals surface area contributed by atoms with Crippen molar-refractivity contribution in [3.05, 3.63) is 64.8 Å². The van der Waals surface area contributed by atoms with Gasteiger partial charge in [0.05, 0.1) is 12.7 Å². The molecule has 2 heterocycles. The summed E-state index contributed by atoms with van der Waals surface area (Å²) in [6.07, 6.45) is 0.761. The lowest BCUT2D eigenvalue weighted by atomic mass is 9.99. The number of aromatic nitrogens is 1. The van der Waals surface area contributed by atoms with E-state index in [1.807, 2.05) is 30.3 Å². The Morgan fingerprint density at radius 1 is 1.18 bits per heavy atom.